The molecule has 6 rings (SSSR count). The number of fused-ring (bicyclic) bond motifs is 1. The largest absolute Gasteiger partial charge is 0.633 e. The van der Waals surface area contributed by atoms with Crippen LogP contribution in [0.3, 0.4) is 0 Å². The summed E-state index contributed by atoms with van der Waals surface area (Å²) in [6, 6.07) is -0.173. The molecule has 2 unspecified atom stereocenters. The molecular formula is C22H31NO4. The Labute approximate surface area is 160 Å². The van der Waals surface area contributed by atoms with E-state index in [9.17, 15) is 20.2 Å². The summed E-state index contributed by atoms with van der Waals surface area (Å²) in [5.41, 5.74) is -0.303. The second-order valence-electron chi connectivity index (χ2n) is 11.0. The third kappa shape index (κ3) is 1.44. The fraction of sp³-hybridized carbons (Fsp3) is 0.864. The number of hydrogen-bond acceptors (Lipinski definition) is 4. The van der Waals surface area contributed by atoms with Crippen LogP contribution in [0.2, 0.25) is 0 Å². The smallest absolute Gasteiger partial charge is 0.140 e. The SMILES string of the molecule is C=C1[C@H]2C[C@@]3([C@@H]1O)[C@@H](CC2=O)[C@@]12C4[C@@H]3C[C@@H]1[C@@](C)(CC[C@@H]2O)C[N+]4([O-])CC. The summed E-state index contributed by atoms with van der Waals surface area (Å²) >= 11 is 0. The van der Waals surface area contributed by atoms with Gasteiger partial charge >= 0.3 is 0 Å². The van der Waals surface area contributed by atoms with Crippen molar-refractivity contribution in [2.75, 3.05) is 13.1 Å². The Bertz CT molecular complexity index is 782. The number of hydrogen-bond donors (Lipinski definition) is 2. The van der Waals surface area contributed by atoms with Crippen LogP contribution >= 0.6 is 0 Å². The van der Waals surface area contributed by atoms with Gasteiger partial charge in [-0.05, 0) is 50.0 Å². The van der Waals surface area contributed by atoms with Gasteiger partial charge in [0.05, 0.1) is 30.7 Å². The molecule has 5 heteroatoms. The van der Waals surface area contributed by atoms with Crippen molar-refractivity contribution < 1.29 is 19.7 Å². The second-order valence-corrected chi connectivity index (χ2v) is 11.0. The summed E-state index contributed by atoms with van der Waals surface area (Å²) in [5, 5.41) is 37.0. The van der Waals surface area contributed by atoms with Gasteiger partial charge in [0.2, 0.25) is 0 Å². The molecule has 11 atom stereocenters. The number of quaternary nitrogens is 1. The number of Topliss-reactive ketones (excluding diaryl/α,β-unsaturated/α-hetero) is 1. The molecule has 6 fully saturated rings. The Morgan fingerprint density at radius 3 is 2.78 bits per heavy atom. The van der Waals surface area contributed by atoms with Crippen molar-refractivity contribution in [3.63, 3.8) is 0 Å². The number of aliphatic hydroxyl groups is 2. The van der Waals surface area contributed by atoms with Crippen molar-refractivity contribution >= 4 is 5.78 Å². The van der Waals surface area contributed by atoms with Gasteiger partial charge in [-0.25, -0.2) is 0 Å². The number of likely N-dealkylation sites (tertiary alicyclic amines) is 1. The van der Waals surface area contributed by atoms with E-state index in [1.54, 1.807) is 0 Å². The summed E-state index contributed by atoms with van der Waals surface area (Å²) in [6.45, 7) is 9.47. The van der Waals surface area contributed by atoms with Gasteiger partial charge in [-0.2, -0.15) is 0 Å². The average Bonchev–Trinajstić information content (AvgIpc) is 3.17. The average molecular weight is 373 g/mol. The molecule has 148 valence electrons. The van der Waals surface area contributed by atoms with Crippen molar-refractivity contribution in [2.45, 2.75) is 64.2 Å². The van der Waals surface area contributed by atoms with Crippen LogP contribution in [0.1, 0.15) is 46.0 Å². The fourth-order valence-corrected chi connectivity index (χ4v) is 10.1. The van der Waals surface area contributed by atoms with Gasteiger partial charge in [0, 0.05) is 29.1 Å². The van der Waals surface area contributed by atoms with E-state index >= 15 is 0 Å². The molecular weight excluding hydrogens is 342 g/mol. The predicted octanol–water partition coefficient (Wildman–Crippen LogP) is 2.01. The molecule has 27 heavy (non-hydrogen) atoms. The Morgan fingerprint density at radius 2 is 2.07 bits per heavy atom. The summed E-state index contributed by atoms with van der Waals surface area (Å²) in [6.07, 6.45) is 2.40. The van der Waals surface area contributed by atoms with E-state index in [2.05, 4.69) is 13.5 Å². The highest BCUT2D eigenvalue weighted by molar-refractivity contribution is 5.87. The Kier molecular flexibility index (Phi) is 2.88. The summed E-state index contributed by atoms with van der Waals surface area (Å²) < 4.78 is -0.245. The van der Waals surface area contributed by atoms with Crippen LogP contribution < -0.4 is 0 Å². The Morgan fingerprint density at radius 1 is 1.33 bits per heavy atom. The third-order valence-corrected chi connectivity index (χ3v) is 10.7. The van der Waals surface area contributed by atoms with Gasteiger partial charge in [0.1, 0.15) is 11.8 Å². The summed E-state index contributed by atoms with van der Waals surface area (Å²) in [5.74, 6) is 0.275. The number of aliphatic hydroxyl groups excluding tert-OH is 2. The minimum atomic E-state index is -0.699. The number of ketones is 1. The lowest BCUT2D eigenvalue weighted by atomic mass is 9.43. The Balaban J connectivity index is 1.64. The van der Waals surface area contributed by atoms with E-state index in [4.69, 9.17) is 0 Å². The number of carbonyl (C=O) groups is 1. The topological polar surface area (TPSA) is 80.6 Å². The molecule has 0 radical (unpaired) electrons. The van der Waals surface area contributed by atoms with Gasteiger partial charge in [0.25, 0.3) is 0 Å². The molecule has 0 aromatic heterocycles. The number of rotatable bonds is 1. The predicted molar refractivity (Wildman–Crippen MR) is 99.0 cm³/mol. The molecule has 1 aliphatic heterocycles. The van der Waals surface area contributed by atoms with Crippen LogP contribution in [-0.2, 0) is 4.79 Å². The van der Waals surface area contributed by atoms with Crippen molar-refractivity contribution in [3.05, 3.63) is 17.4 Å². The molecule has 5 aliphatic carbocycles. The lowest BCUT2D eigenvalue weighted by molar-refractivity contribution is -0.927. The van der Waals surface area contributed by atoms with Gasteiger partial charge in [-0.15, -0.1) is 0 Å². The second kappa shape index (κ2) is 4.53. The van der Waals surface area contributed by atoms with Crippen LogP contribution in [0.5, 0.6) is 0 Å². The van der Waals surface area contributed by atoms with Crippen molar-refractivity contribution in [3.8, 4) is 0 Å². The van der Waals surface area contributed by atoms with Gasteiger partial charge in [-0.3, -0.25) is 4.79 Å². The first-order chi connectivity index (χ1) is 12.7. The molecule has 0 aromatic carbocycles. The first-order valence-electron chi connectivity index (χ1n) is 10.8. The third-order valence-electron chi connectivity index (χ3n) is 10.7. The normalized spacial score (nSPS) is 65.6. The molecule has 1 saturated heterocycles. The standard InChI is InChI=1S/C22H31NO4/c1-4-23(27)10-20(3)6-5-17(25)22-15(20)7-13(18(22)23)21-9-12(11(2)19(21)26)14(24)8-16(21)22/h12-13,15-19,25-26H,2,4-10H2,1,3H3/t12-,13+,15-,16-,17+,18?,19-,20+,21+,22+,23?/m1/s1. The van der Waals surface area contributed by atoms with E-state index < -0.39 is 23.0 Å². The van der Waals surface area contributed by atoms with Gasteiger partial charge in [0.15, 0.2) is 0 Å². The van der Waals surface area contributed by atoms with Crippen LogP contribution in [0.4, 0.5) is 0 Å². The maximum absolute atomic E-state index is 14.2. The molecule has 1 heterocycles. The van der Waals surface area contributed by atoms with E-state index in [-0.39, 0.29) is 39.6 Å². The minimum absolute atomic E-state index is 0.0651. The summed E-state index contributed by atoms with van der Waals surface area (Å²) in [4.78, 5) is 13.0. The van der Waals surface area contributed by atoms with Crippen LogP contribution in [0.15, 0.2) is 12.2 Å². The van der Waals surface area contributed by atoms with Crippen molar-refractivity contribution in [2.24, 2.45) is 39.9 Å². The number of carbonyl (C=O) groups excluding carboxylic acids is 1. The molecule has 0 aromatic rings. The highest BCUT2D eigenvalue weighted by Crippen LogP contribution is 2.84. The zero-order valence-corrected chi connectivity index (χ0v) is 16.4. The Hall–Kier alpha value is -0.750. The molecule has 0 amide bonds. The maximum atomic E-state index is 14.2. The molecule has 5 saturated carbocycles. The lowest BCUT2D eigenvalue weighted by Crippen LogP contribution is -2.73. The van der Waals surface area contributed by atoms with Crippen molar-refractivity contribution in [1.29, 1.82) is 0 Å². The zero-order chi connectivity index (χ0) is 19.1. The monoisotopic (exact) mass is 373 g/mol. The van der Waals surface area contributed by atoms with E-state index in [1.807, 2.05) is 6.92 Å². The van der Waals surface area contributed by atoms with E-state index in [1.165, 1.54) is 0 Å². The molecule has 2 N–H and O–H groups in total. The van der Waals surface area contributed by atoms with Crippen LogP contribution in [0, 0.1) is 45.1 Å². The number of nitrogens with zero attached hydrogens (tertiary/aromatic N) is 1. The molecule has 2 spiro atoms. The molecule has 6 aliphatic rings. The van der Waals surface area contributed by atoms with Crippen LogP contribution in [0.25, 0.3) is 0 Å². The van der Waals surface area contributed by atoms with Crippen molar-refractivity contribution in [1.82, 2.24) is 0 Å². The molecule has 7 bridgehead atoms. The van der Waals surface area contributed by atoms with E-state index in [0.717, 1.165) is 19.3 Å². The highest BCUT2D eigenvalue weighted by atomic mass is 16.5. The van der Waals surface area contributed by atoms with Gasteiger partial charge in [-0.1, -0.05) is 13.5 Å². The maximum Gasteiger partial charge on any atom is 0.140 e. The van der Waals surface area contributed by atoms with Crippen LogP contribution in [-0.4, -0.2) is 52.0 Å². The first kappa shape index (κ1) is 17.1. The quantitative estimate of drug-likeness (QED) is 0.419. The summed E-state index contributed by atoms with van der Waals surface area (Å²) in [7, 11) is 0. The zero-order valence-electron chi connectivity index (χ0n) is 16.4. The highest BCUT2D eigenvalue weighted by Gasteiger charge is 2.88. The van der Waals surface area contributed by atoms with E-state index in [0.29, 0.717) is 37.4 Å². The fourth-order valence-electron chi connectivity index (χ4n) is 10.1. The minimum Gasteiger partial charge on any atom is -0.633 e. The number of piperidine rings is 1. The lowest BCUT2D eigenvalue weighted by Gasteiger charge is -2.68. The molecule has 5 nitrogen and oxygen atoms in total. The first-order valence-corrected chi connectivity index (χ1v) is 10.8. The number of hydroxylamine groups is 3. The van der Waals surface area contributed by atoms with Gasteiger partial charge < -0.3 is 20.1 Å².